The number of aromatic nitrogens is 1. The number of aliphatic imine (C=N–C) groups is 1. The maximum absolute atomic E-state index is 13.8. The van der Waals surface area contributed by atoms with Crippen LogP contribution in [0.25, 0.3) is 11.1 Å². The van der Waals surface area contributed by atoms with Gasteiger partial charge >= 0.3 is 12.1 Å². The number of thioether (sulfide) groups is 1. The van der Waals surface area contributed by atoms with Gasteiger partial charge in [-0.3, -0.25) is 4.98 Å². The standard InChI is InChI=1S/C26H29N3O7S3/c1-15-7-6-8-16(13-35-14-21(30)31)22(15)17-9-18(12-28-11-17)39(33,34)20-10-19(38-24(20)37-5)23(27)29-25(32)36-26(2,3)4/h6-12H,13-14H2,1-5H3,(H,30,31)(H2,27,29,32). The molecule has 0 fully saturated rings. The van der Waals surface area contributed by atoms with Crippen molar-refractivity contribution in [2.24, 2.45) is 10.7 Å². The van der Waals surface area contributed by atoms with Crippen molar-refractivity contribution in [3.8, 4) is 11.1 Å². The van der Waals surface area contributed by atoms with Crippen LogP contribution >= 0.6 is 23.1 Å². The monoisotopic (exact) mass is 591 g/mol. The van der Waals surface area contributed by atoms with Crippen molar-refractivity contribution in [3.05, 3.63) is 58.7 Å². The number of sulfone groups is 1. The first kappa shape index (κ1) is 30.3. The van der Waals surface area contributed by atoms with Gasteiger partial charge in [0, 0.05) is 18.0 Å². The van der Waals surface area contributed by atoms with Crippen LogP contribution in [-0.4, -0.2) is 54.9 Å². The Hall–Kier alpha value is -3.26. The maximum atomic E-state index is 13.8. The van der Waals surface area contributed by atoms with Crippen molar-refractivity contribution >= 4 is 50.8 Å². The highest BCUT2D eigenvalue weighted by Gasteiger charge is 2.27. The average Bonchev–Trinajstić information content (AvgIpc) is 3.28. The lowest BCUT2D eigenvalue weighted by Crippen LogP contribution is -2.24. The number of amides is 1. The van der Waals surface area contributed by atoms with E-state index >= 15 is 0 Å². The van der Waals surface area contributed by atoms with Gasteiger partial charge in [0.1, 0.15) is 18.0 Å². The van der Waals surface area contributed by atoms with E-state index in [4.69, 9.17) is 20.3 Å². The first-order valence-corrected chi connectivity index (χ1v) is 15.1. The van der Waals surface area contributed by atoms with Crippen LogP contribution in [0.5, 0.6) is 0 Å². The van der Waals surface area contributed by atoms with E-state index in [9.17, 15) is 18.0 Å². The fourth-order valence-corrected chi connectivity index (χ4v) is 7.48. The van der Waals surface area contributed by atoms with Gasteiger partial charge in [-0.2, -0.15) is 4.99 Å². The highest BCUT2D eigenvalue weighted by molar-refractivity contribution is 8.01. The number of nitrogens with zero attached hydrogens (tertiary/aromatic N) is 2. The quantitative estimate of drug-likeness (QED) is 0.199. The fourth-order valence-electron chi connectivity index (χ4n) is 3.59. The molecule has 0 atom stereocenters. The number of ether oxygens (including phenoxy) is 2. The predicted octanol–water partition coefficient (Wildman–Crippen LogP) is 4.91. The van der Waals surface area contributed by atoms with E-state index in [1.165, 1.54) is 30.1 Å². The van der Waals surface area contributed by atoms with Gasteiger partial charge in [0.2, 0.25) is 9.84 Å². The van der Waals surface area contributed by atoms with Gasteiger partial charge in [0.05, 0.1) is 25.5 Å². The number of carboxylic acids is 1. The predicted molar refractivity (Wildman–Crippen MR) is 150 cm³/mol. The number of aliphatic carboxylic acids is 1. The van der Waals surface area contributed by atoms with Crippen molar-refractivity contribution in [2.45, 2.75) is 53.9 Å². The third-order valence-electron chi connectivity index (χ3n) is 5.15. The highest BCUT2D eigenvalue weighted by atomic mass is 32.2. The molecular weight excluding hydrogens is 563 g/mol. The molecule has 39 heavy (non-hydrogen) atoms. The van der Waals surface area contributed by atoms with Crippen molar-refractivity contribution in [1.82, 2.24) is 4.98 Å². The Morgan fingerprint density at radius 2 is 1.92 bits per heavy atom. The summed E-state index contributed by atoms with van der Waals surface area (Å²) in [6.07, 6.45) is 3.67. The molecule has 10 nitrogen and oxygen atoms in total. The number of carboxylic acid groups (broad SMARTS) is 1. The molecule has 13 heteroatoms. The van der Waals surface area contributed by atoms with Gasteiger partial charge in [-0.05, 0) is 62.8 Å². The maximum Gasteiger partial charge on any atom is 0.436 e. The van der Waals surface area contributed by atoms with Crippen LogP contribution in [0, 0.1) is 6.92 Å². The molecule has 1 amide bonds. The number of thiophene rings is 1. The molecule has 0 spiro atoms. The minimum absolute atomic E-state index is 0.0195. The van der Waals surface area contributed by atoms with Gasteiger partial charge in [-0.1, -0.05) is 18.2 Å². The summed E-state index contributed by atoms with van der Waals surface area (Å²) in [6, 6.07) is 8.37. The van der Waals surface area contributed by atoms with Crippen LogP contribution in [0.1, 0.15) is 36.8 Å². The van der Waals surface area contributed by atoms with E-state index in [0.29, 0.717) is 25.8 Å². The molecule has 0 aliphatic heterocycles. The zero-order valence-electron chi connectivity index (χ0n) is 22.0. The van der Waals surface area contributed by atoms with Gasteiger partial charge in [-0.15, -0.1) is 23.1 Å². The Bertz CT molecular complexity index is 1520. The number of carbonyl (C=O) groups is 2. The van der Waals surface area contributed by atoms with Crippen LogP contribution in [0.4, 0.5) is 4.79 Å². The number of benzene rings is 1. The molecule has 0 saturated carbocycles. The van der Waals surface area contributed by atoms with E-state index in [0.717, 1.165) is 16.9 Å². The number of hydrogen-bond acceptors (Lipinski definition) is 9. The van der Waals surface area contributed by atoms with Gasteiger partial charge in [-0.25, -0.2) is 18.0 Å². The Morgan fingerprint density at radius 3 is 2.56 bits per heavy atom. The van der Waals surface area contributed by atoms with E-state index in [1.807, 2.05) is 19.1 Å². The summed E-state index contributed by atoms with van der Waals surface area (Å²) in [5.74, 6) is -1.24. The summed E-state index contributed by atoms with van der Waals surface area (Å²) in [5.41, 5.74) is 8.05. The lowest BCUT2D eigenvalue weighted by Gasteiger charge is -2.17. The minimum atomic E-state index is -4.04. The van der Waals surface area contributed by atoms with Crippen molar-refractivity contribution < 1.29 is 32.6 Å². The first-order valence-electron chi connectivity index (χ1n) is 11.6. The molecule has 0 radical (unpaired) electrons. The number of carbonyl (C=O) groups excluding carboxylic acids is 1. The summed E-state index contributed by atoms with van der Waals surface area (Å²) in [6.45, 7) is 6.52. The molecule has 1 aromatic carbocycles. The van der Waals surface area contributed by atoms with E-state index in [2.05, 4.69) is 9.98 Å². The Balaban J connectivity index is 2.01. The van der Waals surface area contributed by atoms with Gasteiger partial charge in [0.25, 0.3) is 0 Å². The largest absolute Gasteiger partial charge is 0.480 e. The number of pyridine rings is 1. The van der Waals surface area contributed by atoms with Crippen molar-refractivity contribution in [3.63, 3.8) is 0 Å². The molecule has 0 unspecified atom stereocenters. The molecule has 208 valence electrons. The minimum Gasteiger partial charge on any atom is -0.480 e. The Labute approximate surface area is 235 Å². The molecule has 0 aliphatic carbocycles. The van der Waals surface area contributed by atoms with Crippen LogP contribution in [0.15, 0.2) is 61.7 Å². The van der Waals surface area contributed by atoms with Crippen molar-refractivity contribution in [1.29, 1.82) is 0 Å². The zero-order chi connectivity index (χ0) is 29.0. The number of aryl methyl sites for hydroxylation is 1. The molecule has 0 aliphatic rings. The Kier molecular flexibility index (Phi) is 9.54. The SMILES string of the molecule is CSc1sc(/C(N)=N\C(=O)OC(C)(C)C)cc1S(=O)(=O)c1cncc(-c2c(C)cccc2COCC(=O)O)c1. The first-order chi connectivity index (χ1) is 18.2. The molecule has 3 N–H and O–H groups in total. The number of rotatable bonds is 9. The zero-order valence-corrected chi connectivity index (χ0v) is 24.5. The van der Waals surface area contributed by atoms with Crippen LogP contribution < -0.4 is 5.73 Å². The smallest absolute Gasteiger partial charge is 0.436 e. The number of amidine groups is 1. The van der Waals surface area contributed by atoms with Crippen LogP contribution in [-0.2, 0) is 30.7 Å². The second kappa shape index (κ2) is 12.3. The lowest BCUT2D eigenvalue weighted by molar-refractivity contribution is -0.142. The topological polar surface area (TPSA) is 158 Å². The van der Waals surface area contributed by atoms with Crippen LogP contribution in [0.2, 0.25) is 0 Å². The summed E-state index contributed by atoms with van der Waals surface area (Å²) < 4.78 is 38.4. The Morgan fingerprint density at radius 1 is 1.21 bits per heavy atom. The fraction of sp³-hybridized carbons (Fsp3) is 0.308. The lowest BCUT2D eigenvalue weighted by atomic mass is 9.96. The second-order valence-corrected chi connectivity index (χ2v) is 13.4. The van der Waals surface area contributed by atoms with E-state index in [1.54, 1.807) is 39.3 Å². The number of hydrogen-bond donors (Lipinski definition) is 2. The average molecular weight is 592 g/mol. The summed E-state index contributed by atoms with van der Waals surface area (Å²) in [7, 11) is -4.04. The summed E-state index contributed by atoms with van der Waals surface area (Å²) >= 11 is 2.33. The normalized spacial score (nSPS) is 12.4. The molecule has 2 heterocycles. The summed E-state index contributed by atoms with van der Waals surface area (Å²) in [5, 5.41) is 8.89. The van der Waals surface area contributed by atoms with Gasteiger partial charge < -0.3 is 20.3 Å². The van der Waals surface area contributed by atoms with Crippen molar-refractivity contribution in [2.75, 3.05) is 12.9 Å². The third-order valence-corrected chi connectivity index (χ3v) is 9.45. The molecule has 0 saturated heterocycles. The van der Waals surface area contributed by atoms with E-state index in [-0.39, 0.29) is 22.2 Å². The van der Waals surface area contributed by atoms with E-state index < -0.39 is 34.1 Å². The second-order valence-electron chi connectivity index (χ2n) is 9.35. The molecule has 3 rings (SSSR count). The summed E-state index contributed by atoms with van der Waals surface area (Å²) in [4.78, 5) is 31.2. The molecule has 0 bridgehead atoms. The van der Waals surface area contributed by atoms with Crippen LogP contribution in [0.3, 0.4) is 0 Å². The number of nitrogens with two attached hydrogens (primary N) is 1. The molecule has 3 aromatic rings. The molecule has 2 aromatic heterocycles. The van der Waals surface area contributed by atoms with Gasteiger partial charge in [0.15, 0.2) is 0 Å². The molecular formula is C26H29N3O7S3. The third kappa shape index (κ3) is 7.66. The highest BCUT2D eigenvalue weighted by Crippen LogP contribution is 2.38.